The summed E-state index contributed by atoms with van der Waals surface area (Å²) in [6, 6.07) is 15.7. The molecule has 84 valence electrons. The maximum atomic E-state index is 14.5. The zero-order chi connectivity index (χ0) is 12.0. The van der Waals surface area contributed by atoms with E-state index in [1.807, 2.05) is 48.5 Å². The van der Waals surface area contributed by atoms with Gasteiger partial charge >= 0.3 is 6.99 Å². The van der Waals surface area contributed by atoms with E-state index < -0.39 is 6.99 Å². The molecule has 2 aromatic carbocycles. The molecule has 1 aliphatic heterocycles. The Morgan fingerprint density at radius 1 is 0.824 bits per heavy atom. The van der Waals surface area contributed by atoms with E-state index in [4.69, 9.17) is 0 Å². The van der Waals surface area contributed by atoms with Crippen LogP contribution in [-0.4, -0.2) is 6.99 Å². The molecule has 1 aliphatic rings. The fraction of sp³-hybridized carbons (Fsp3) is 0.200. The predicted molar refractivity (Wildman–Crippen MR) is 71.1 cm³/mol. The van der Waals surface area contributed by atoms with Gasteiger partial charge in [0.15, 0.2) is 0 Å². The van der Waals surface area contributed by atoms with Crippen molar-refractivity contribution in [2.45, 2.75) is 19.3 Å². The van der Waals surface area contributed by atoms with Crippen molar-refractivity contribution in [2.75, 3.05) is 0 Å². The Bertz CT molecular complexity index is 525. The molecule has 0 atom stereocenters. The van der Waals surface area contributed by atoms with Gasteiger partial charge in [0.25, 0.3) is 0 Å². The number of halogens is 1. The highest BCUT2D eigenvalue weighted by Gasteiger charge is 2.39. The zero-order valence-electron chi connectivity index (χ0n) is 10.1. The van der Waals surface area contributed by atoms with Gasteiger partial charge in [0.05, 0.1) is 0 Å². The molecule has 3 rings (SSSR count). The lowest BCUT2D eigenvalue weighted by molar-refractivity contribution is 0.641. The molecule has 0 unspecified atom stereocenters. The lowest BCUT2D eigenvalue weighted by Crippen LogP contribution is -2.52. The molecule has 0 saturated heterocycles. The van der Waals surface area contributed by atoms with Crippen molar-refractivity contribution in [1.82, 2.24) is 0 Å². The Labute approximate surface area is 102 Å². The third kappa shape index (κ3) is 1.37. The van der Waals surface area contributed by atoms with Gasteiger partial charge in [0, 0.05) is 5.41 Å². The molecule has 0 bridgehead atoms. The molecule has 0 aliphatic carbocycles. The molecule has 0 amide bonds. The third-order valence-corrected chi connectivity index (χ3v) is 3.81. The zero-order valence-corrected chi connectivity index (χ0v) is 10.1. The molecule has 0 spiro atoms. The Kier molecular flexibility index (Phi) is 2.15. The quantitative estimate of drug-likeness (QED) is 0.603. The molecule has 0 radical (unpaired) electrons. The second-order valence-electron chi connectivity index (χ2n) is 5.16. The maximum absolute atomic E-state index is 14.5. The van der Waals surface area contributed by atoms with Crippen LogP contribution in [0.25, 0.3) is 0 Å². The van der Waals surface area contributed by atoms with Gasteiger partial charge in [-0.3, -0.25) is 0 Å². The number of hydrogen-bond acceptors (Lipinski definition) is 0. The van der Waals surface area contributed by atoms with Gasteiger partial charge in [-0.05, 0) is 22.1 Å². The van der Waals surface area contributed by atoms with E-state index in [2.05, 4.69) is 13.8 Å². The van der Waals surface area contributed by atoms with Gasteiger partial charge in [0.1, 0.15) is 0 Å². The Morgan fingerprint density at radius 2 is 1.24 bits per heavy atom. The van der Waals surface area contributed by atoms with Gasteiger partial charge in [-0.25, -0.2) is 0 Å². The van der Waals surface area contributed by atoms with Crippen molar-refractivity contribution >= 4 is 17.9 Å². The number of fused-ring (bicyclic) bond motifs is 2. The summed E-state index contributed by atoms with van der Waals surface area (Å²) in [5, 5.41) is 0. The first-order chi connectivity index (χ1) is 8.12. The number of rotatable bonds is 0. The van der Waals surface area contributed by atoms with E-state index in [1.165, 1.54) is 0 Å². The van der Waals surface area contributed by atoms with Gasteiger partial charge in [-0.2, -0.15) is 0 Å². The highest BCUT2D eigenvalue weighted by atomic mass is 19.1. The van der Waals surface area contributed by atoms with E-state index in [0.29, 0.717) is 0 Å². The van der Waals surface area contributed by atoms with Crippen LogP contribution in [-0.2, 0) is 5.41 Å². The lowest BCUT2D eigenvalue weighted by atomic mass is 9.47. The summed E-state index contributed by atoms with van der Waals surface area (Å²) in [7, 11) is 0. The van der Waals surface area contributed by atoms with E-state index in [0.717, 1.165) is 22.1 Å². The summed E-state index contributed by atoms with van der Waals surface area (Å²) in [5.41, 5.74) is 3.72. The molecule has 0 nitrogen and oxygen atoms in total. The van der Waals surface area contributed by atoms with Crippen molar-refractivity contribution in [2.24, 2.45) is 0 Å². The van der Waals surface area contributed by atoms with Crippen LogP contribution in [0.1, 0.15) is 25.0 Å². The van der Waals surface area contributed by atoms with Crippen LogP contribution in [0.5, 0.6) is 0 Å². The smallest absolute Gasteiger partial charge is 0.322 e. The van der Waals surface area contributed by atoms with Gasteiger partial charge < -0.3 is 4.32 Å². The average Bonchev–Trinajstić information content (AvgIpc) is 2.37. The minimum atomic E-state index is -0.990. The molecule has 1 heterocycles. The molecule has 2 aromatic rings. The Hall–Kier alpha value is -1.57. The molecule has 0 saturated carbocycles. The predicted octanol–water partition coefficient (Wildman–Crippen LogP) is 2.40. The van der Waals surface area contributed by atoms with Gasteiger partial charge in [0.2, 0.25) is 0 Å². The second-order valence-corrected chi connectivity index (χ2v) is 5.16. The number of benzene rings is 2. The van der Waals surface area contributed by atoms with Crippen LogP contribution in [0, 0.1) is 0 Å². The highest BCUT2D eigenvalue weighted by molar-refractivity contribution is 6.80. The van der Waals surface area contributed by atoms with Crippen LogP contribution < -0.4 is 10.9 Å². The maximum Gasteiger partial charge on any atom is 0.414 e. The lowest BCUT2D eigenvalue weighted by Gasteiger charge is -2.35. The second kappa shape index (κ2) is 3.46. The van der Waals surface area contributed by atoms with Crippen molar-refractivity contribution in [3.63, 3.8) is 0 Å². The number of hydrogen-bond donors (Lipinski definition) is 0. The highest BCUT2D eigenvalue weighted by Crippen LogP contribution is 2.32. The topological polar surface area (TPSA) is 0 Å². The summed E-state index contributed by atoms with van der Waals surface area (Å²) >= 11 is 0. The van der Waals surface area contributed by atoms with Crippen molar-refractivity contribution in [3.05, 3.63) is 59.7 Å². The van der Waals surface area contributed by atoms with Crippen molar-refractivity contribution < 1.29 is 4.32 Å². The van der Waals surface area contributed by atoms with Crippen molar-refractivity contribution in [1.29, 1.82) is 0 Å². The largest absolute Gasteiger partial charge is 0.414 e. The Balaban J connectivity index is 2.34. The van der Waals surface area contributed by atoms with E-state index >= 15 is 0 Å². The molecule has 2 heteroatoms. The van der Waals surface area contributed by atoms with Gasteiger partial charge in [-0.1, -0.05) is 62.4 Å². The molecule has 0 aromatic heterocycles. The summed E-state index contributed by atoms with van der Waals surface area (Å²) in [6.07, 6.45) is 0. The monoisotopic (exact) mass is 224 g/mol. The van der Waals surface area contributed by atoms with Crippen LogP contribution in [0.2, 0.25) is 0 Å². The SMILES string of the molecule is CC1(C)c2ccccc2B(F)c2ccccc21. The van der Waals surface area contributed by atoms with E-state index in [1.54, 1.807) is 0 Å². The molecule has 17 heavy (non-hydrogen) atoms. The molecular formula is C15H14BF. The minimum Gasteiger partial charge on any atom is -0.322 e. The van der Waals surface area contributed by atoms with E-state index in [-0.39, 0.29) is 5.41 Å². The standard InChI is InChI=1S/C15H14BF/c1-15(2)11-7-3-5-9-13(11)16(17)14-10-6-4-8-12(14)15/h3-10H,1-2H3. The van der Waals surface area contributed by atoms with Gasteiger partial charge in [-0.15, -0.1) is 0 Å². The molecule has 0 fully saturated rings. The molecule has 0 N–H and O–H groups in total. The summed E-state index contributed by atoms with van der Waals surface area (Å²) < 4.78 is 14.5. The average molecular weight is 224 g/mol. The summed E-state index contributed by atoms with van der Waals surface area (Å²) in [6.45, 7) is 3.34. The van der Waals surface area contributed by atoms with Crippen LogP contribution in [0.15, 0.2) is 48.5 Å². The first-order valence-corrected chi connectivity index (χ1v) is 5.95. The van der Waals surface area contributed by atoms with E-state index in [9.17, 15) is 4.32 Å². The first kappa shape index (κ1) is 10.6. The van der Waals surface area contributed by atoms with Crippen LogP contribution in [0.3, 0.4) is 0 Å². The minimum absolute atomic E-state index is 0.115. The van der Waals surface area contributed by atoms with Crippen LogP contribution >= 0.6 is 0 Å². The van der Waals surface area contributed by atoms with Crippen LogP contribution in [0.4, 0.5) is 4.32 Å². The fourth-order valence-corrected chi connectivity index (χ4v) is 2.89. The summed E-state index contributed by atoms with van der Waals surface area (Å²) in [5.74, 6) is 0. The first-order valence-electron chi connectivity index (χ1n) is 5.95. The molecular weight excluding hydrogens is 210 g/mol. The summed E-state index contributed by atoms with van der Waals surface area (Å²) in [4.78, 5) is 0. The van der Waals surface area contributed by atoms with Crippen molar-refractivity contribution in [3.8, 4) is 0 Å². The normalized spacial score (nSPS) is 16.3. The third-order valence-electron chi connectivity index (χ3n) is 3.81. The fourth-order valence-electron chi connectivity index (χ4n) is 2.89. The Morgan fingerprint density at radius 3 is 1.71 bits per heavy atom.